The lowest BCUT2D eigenvalue weighted by Crippen LogP contribution is -2.37. The first-order valence-electron chi connectivity index (χ1n) is 12.8. The fraction of sp³-hybridized carbons (Fsp3) is 0.333. The molecule has 1 aliphatic carbocycles. The quantitative estimate of drug-likeness (QED) is 0.316. The minimum absolute atomic E-state index is 0.403. The summed E-state index contributed by atoms with van der Waals surface area (Å²) in [5, 5.41) is 8.42. The Balaban J connectivity index is 1.08. The van der Waals surface area contributed by atoms with Crippen molar-refractivity contribution in [2.45, 2.75) is 50.9 Å². The molecule has 6 heteroatoms. The average molecular weight is 482 g/mol. The molecule has 4 aromatic rings. The molecule has 6 nitrogen and oxygen atoms in total. The van der Waals surface area contributed by atoms with Gasteiger partial charge in [-0.2, -0.15) is 4.98 Å². The van der Waals surface area contributed by atoms with Gasteiger partial charge in [-0.3, -0.25) is 0 Å². The van der Waals surface area contributed by atoms with Crippen LogP contribution < -0.4 is 20.3 Å². The first-order chi connectivity index (χ1) is 17.6. The summed E-state index contributed by atoms with van der Waals surface area (Å²) >= 11 is 0. The molecule has 0 spiro atoms. The molecule has 1 aromatic heterocycles. The minimum Gasteiger partial charge on any atom is -0.489 e. The molecule has 2 N–H and O–H groups in total. The van der Waals surface area contributed by atoms with Crippen LogP contribution in [0.5, 0.6) is 5.75 Å². The lowest BCUT2D eigenvalue weighted by molar-refractivity contribution is 0.306. The lowest BCUT2D eigenvalue weighted by atomic mass is 9.91. The van der Waals surface area contributed by atoms with Gasteiger partial charge in [-0.15, -0.1) is 0 Å². The Morgan fingerprint density at radius 3 is 2.22 bits per heavy atom. The van der Waals surface area contributed by atoms with E-state index in [-0.39, 0.29) is 0 Å². The fourth-order valence-corrected chi connectivity index (χ4v) is 4.80. The van der Waals surface area contributed by atoms with Crippen LogP contribution in [-0.4, -0.2) is 36.1 Å². The van der Waals surface area contributed by atoms with Crippen molar-refractivity contribution in [1.29, 1.82) is 0 Å². The van der Waals surface area contributed by atoms with E-state index >= 15 is 0 Å². The lowest BCUT2D eigenvalue weighted by Gasteiger charge is -2.30. The van der Waals surface area contributed by atoms with Crippen LogP contribution in [0.3, 0.4) is 0 Å². The number of benzene rings is 3. The fourth-order valence-electron chi connectivity index (χ4n) is 4.80. The van der Waals surface area contributed by atoms with E-state index in [0.717, 1.165) is 60.6 Å². The third-order valence-corrected chi connectivity index (χ3v) is 6.83. The number of rotatable bonds is 9. The van der Waals surface area contributed by atoms with E-state index in [4.69, 9.17) is 14.7 Å². The third kappa shape index (κ3) is 6.13. The Bertz CT molecular complexity index is 1250. The molecule has 1 fully saturated rings. The molecule has 0 aliphatic heterocycles. The van der Waals surface area contributed by atoms with Crippen LogP contribution in [0.2, 0.25) is 0 Å². The largest absolute Gasteiger partial charge is 0.489 e. The molecule has 0 saturated heterocycles. The number of nitrogens with zero attached hydrogens (tertiary/aromatic N) is 3. The highest BCUT2D eigenvalue weighted by Gasteiger charge is 2.22. The molecule has 0 amide bonds. The second-order valence-electron chi connectivity index (χ2n) is 9.77. The van der Waals surface area contributed by atoms with E-state index in [1.807, 2.05) is 44.4 Å². The van der Waals surface area contributed by atoms with E-state index in [2.05, 4.69) is 64.1 Å². The molecule has 3 aromatic carbocycles. The van der Waals surface area contributed by atoms with Crippen LogP contribution >= 0.6 is 0 Å². The van der Waals surface area contributed by atoms with E-state index < -0.39 is 0 Å². The number of hydrogen-bond acceptors (Lipinski definition) is 6. The van der Waals surface area contributed by atoms with Gasteiger partial charge in [0.2, 0.25) is 5.95 Å². The van der Waals surface area contributed by atoms with Crippen molar-refractivity contribution >= 4 is 22.7 Å². The average Bonchev–Trinajstić information content (AvgIpc) is 2.92. The van der Waals surface area contributed by atoms with Gasteiger partial charge >= 0.3 is 0 Å². The zero-order chi connectivity index (χ0) is 24.7. The number of para-hydroxylation sites is 1. The van der Waals surface area contributed by atoms with Crippen molar-refractivity contribution in [3.63, 3.8) is 0 Å². The summed E-state index contributed by atoms with van der Waals surface area (Å²) in [6.45, 7) is 1.47. The summed E-state index contributed by atoms with van der Waals surface area (Å²) in [6, 6.07) is 27.8. The Labute approximate surface area is 213 Å². The highest BCUT2D eigenvalue weighted by atomic mass is 16.5. The van der Waals surface area contributed by atoms with Crippen molar-refractivity contribution < 1.29 is 4.74 Å². The zero-order valence-electron chi connectivity index (χ0n) is 21.2. The van der Waals surface area contributed by atoms with Gasteiger partial charge < -0.3 is 20.3 Å². The Kier molecular flexibility index (Phi) is 7.62. The molecular weight excluding hydrogens is 446 g/mol. The van der Waals surface area contributed by atoms with Crippen molar-refractivity contribution in [1.82, 2.24) is 15.3 Å². The highest BCUT2D eigenvalue weighted by Crippen LogP contribution is 2.26. The molecule has 0 radical (unpaired) electrons. The maximum atomic E-state index is 5.91. The molecule has 5 rings (SSSR count). The van der Waals surface area contributed by atoms with Crippen LogP contribution in [0.25, 0.3) is 10.9 Å². The maximum Gasteiger partial charge on any atom is 0.225 e. The first kappa shape index (κ1) is 24.1. The standard InChI is InChI=1S/C30H35N5O/c1-35(2)29-27-10-6-7-11-28(27)33-30(34-29)32-25-16-14-24(15-17-25)31-20-22-12-18-26(19-13-22)36-21-23-8-4-3-5-9-23/h3-13,18-19,24-25,31H,14-17,20-21H2,1-2H3,(H,32,33,34)/t24-,25+. The van der Waals surface area contributed by atoms with Gasteiger partial charge in [0, 0.05) is 38.1 Å². The van der Waals surface area contributed by atoms with Gasteiger partial charge in [0.25, 0.3) is 0 Å². The van der Waals surface area contributed by atoms with Gasteiger partial charge in [-0.1, -0.05) is 54.6 Å². The first-order valence-corrected chi connectivity index (χ1v) is 12.8. The number of nitrogens with one attached hydrogen (secondary N) is 2. The summed E-state index contributed by atoms with van der Waals surface area (Å²) in [7, 11) is 4.06. The Hall–Kier alpha value is -3.64. The smallest absolute Gasteiger partial charge is 0.225 e. The predicted molar refractivity (Wildman–Crippen MR) is 148 cm³/mol. The molecule has 36 heavy (non-hydrogen) atoms. The summed E-state index contributed by atoms with van der Waals surface area (Å²) in [4.78, 5) is 11.6. The number of hydrogen-bond donors (Lipinski definition) is 2. The van der Waals surface area contributed by atoms with Crippen LogP contribution in [-0.2, 0) is 13.2 Å². The van der Waals surface area contributed by atoms with E-state index in [1.54, 1.807) is 0 Å². The Morgan fingerprint density at radius 1 is 0.778 bits per heavy atom. The summed E-state index contributed by atoms with van der Waals surface area (Å²) < 4.78 is 5.91. The molecular formula is C30H35N5O. The van der Waals surface area contributed by atoms with E-state index in [1.165, 1.54) is 11.1 Å². The SMILES string of the molecule is CN(C)c1nc(N[C@H]2CC[C@@H](NCc3ccc(OCc4ccccc4)cc3)CC2)nc2ccccc12. The van der Waals surface area contributed by atoms with Gasteiger partial charge in [0.15, 0.2) is 0 Å². The summed E-state index contributed by atoms with van der Waals surface area (Å²) in [5.74, 6) is 2.58. The molecule has 0 bridgehead atoms. The zero-order valence-corrected chi connectivity index (χ0v) is 21.2. The molecule has 0 atom stereocenters. The second-order valence-corrected chi connectivity index (χ2v) is 9.77. The summed E-state index contributed by atoms with van der Waals surface area (Å²) in [5.41, 5.74) is 3.44. The molecule has 1 aliphatic rings. The maximum absolute atomic E-state index is 5.91. The van der Waals surface area contributed by atoms with Crippen LogP contribution in [0.15, 0.2) is 78.9 Å². The van der Waals surface area contributed by atoms with Crippen LogP contribution in [0, 0.1) is 0 Å². The topological polar surface area (TPSA) is 62.3 Å². The number of anilines is 2. The third-order valence-electron chi connectivity index (χ3n) is 6.83. The van der Waals surface area contributed by atoms with E-state index in [0.29, 0.717) is 18.7 Å². The highest BCUT2D eigenvalue weighted by molar-refractivity contribution is 5.90. The molecule has 1 saturated carbocycles. The van der Waals surface area contributed by atoms with Crippen molar-refractivity contribution in [2.24, 2.45) is 0 Å². The van der Waals surface area contributed by atoms with Gasteiger partial charge in [-0.25, -0.2) is 4.98 Å². The normalized spacial score (nSPS) is 17.6. The second kappa shape index (κ2) is 11.4. The van der Waals surface area contributed by atoms with Gasteiger partial charge in [0.05, 0.1) is 5.52 Å². The monoisotopic (exact) mass is 481 g/mol. The number of ether oxygens (including phenoxy) is 1. The molecule has 0 unspecified atom stereocenters. The van der Waals surface area contributed by atoms with Crippen LogP contribution in [0.4, 0.5) is 11.8 Å². The number of aromatic nitrogens is 2. The molecule has 186 valence electrons. The van der Waals surface area contributed by atoms with E-state index in [9.17, 15) is 0 Å². The summed E-state index contributed by atoms with van der Waals surface area (Å²) in [6.07, 6.45) is 4.50. The van der Waals surface area contributed by atoms with Crippen molar-refractivity contribution in [3.8, 4) is 5.75 Å². The Morgan fingerprint density at radius 2 is 1.47 bits per heavy atom. The van der Waals surface area contributed by atoms with Crippen LogP contribution in [0.1, 0.15) is 36.8 Å². The van der Waals surface area contributed by atoms with Crippen molar-refractivity contribution in [2.75, 3.05) is 24.3 Å². The van der Waals surface area contributed by atoms with Gasteiger partial charge in [-0.05, 0) is 61.1 Å². The predicted octanol–water partition coefficient (Wildman–Crippen LogP) is 5.79. The van der Waals surface area contributed by atoms with Gasteiger partial charge in [0.1, 0.15) is 18.2 Å². The minimum atomic E-state index is 0.403. The molecule has 1 heterocycles. The number of fused-ring (bicyclic) bond motifs is 1. The van der Waals surface area contributed by atoms with Crippen molar-refractivity contribution in [3.05, 3.63) is 90.0 Å².